The number of cyclic esters (lactones) is 1. The van der Waals surface area contributed by atoms with Crippen LogP contribution < -0.4 is 10.2 Å². The highest BCUT2D eigenvalue weighted by molar-refractivity contribution is 5.91. The number of anilines is 2. The summed E-state index contributed by atoms with van der Waals surface area (Å²) in [7, 11) is 0. The Morgan fingerprint density at radius 3 is 3.10 bits per heavy atom. The lowest BCUT2D eigenvalue weighted by molar-refractivity contribution is 0.181. The number of nitrogens with one attached hydrogen (secondary N) is 2. The Kier molecular flexibility index (Phi) is 3.28. The van der Waals surface area contributed by atoms with E-state index in [1.807, 2.05) is 25.1 Å². The molecule has 104 valence electrons. The number of hydrogen-bond donors (Lipinski definition) is 2. The van der Waals surface area contributed by atoms with Crippen LogP contribution in [0.2, 0.25) is 0 Å². The van der Waals surface area contributed by atoms with Gasteiger partial charge in [0.15, 0.2) is 0 Å². The largest absolute Gasteiger partial charge is 0.447 e. The molecule has 1 aliphatic rings. The summed E-state index contributed by atoms with van der Waals surface area (Å²) < 4.78 is 4.99. The van der Waals surface area contributed by atoms with Gasteiger partial charge in [0.05, 0.1) is 18.8 Å². The van der Waals surface area contributed by atoms with E-state index in [0.717, 1.165) is 22.8 Å². The lowest BCUT2D eigenvalue weighted by Gasteiger charge is -2.17. The molecule has 0 unspecified atom stereocenters. The van der Waals surface area contributed by atoms with Gasteiger partial charge < -0.3 is 15.0 Å². The van der Waals surface area contributed by atoms with Gasteiger partial charge in [0.25, 0.3) is 0 Å². The minimum absolute atomic E-state index is 0.281. The molecule has 0 aliphatic carbocycles. The number of imidazole rings is 1. The normalized spacial score (nSPS) is 14.4. The molecule has 1 aromatic heterocycles. The van der Waals surface area contributed by atoms with Crippen molar-refractivity contribution in [1.29, 1.82) is 0 Å². The van der Waals surface area contributed by atoms with Gasteiger partial charge in [0, 0.05) is 18.1 Å². The predicted octanol–water partition coefficient (Wildman–Crippen LogP) is 2.29. The number of aromatic nitrogens is 2. The number of benzene rings is 1. The Bertz CT molecular complexity index is 610. The van der Waals surface area contributed by atoms with E-state index >= 15 is 0 Å². The molecular weight excluding hydrogens is 256 g/mol. The first-order valence-electron chi connectivity index (χ1n) is 6.51. The van der Waals surface area contributed by atoms with Gasteiger partial charge in [0.1, 0.15) is 12.4 Å². The van der Waals surface area contributed by atoms with E-state index < -0.39 is 0 Å². The molecule has 1 aromatic carbocycles. The maximum absolute atomic E-state index is 11.7. The molecule has 20 heavy (non-hydrogen) atoms. The molecule has 3 rings (SSSR count). The summed E-state index contributed by atoms with van der Waals surface area (Å²) in [5, 5.41) is 3.28. The molecule has 6 nitrogen and oxygen atoms in total. The smallest absolute Gasteiger partial charge is 0.414 e. The van der Waals surface area contributed by atoms with Gasteiger partial charge in [-0.2, -0.15) is 0 Å². The summed E-state index contributed by atoms with van der Waals surface area (Å²) in [6.45, 7) is 3.64. The number of H-pyrrole nitrogens is 1. The summed E-state index contributed by atoms with van der Waals surface area (Å²) >= 11 is 0. The first-order valence-corrected chi connectivity index (χ1v) is 6.51. The standard InChI is InChI=1S/C14H16N4O2/c1-10-2-3-11(17-9-13-15-4-5-16-13)8-12(10)18-6-7-20-14(18)19/h2-5,8,17H,6-7,9H2,1H3,(H,15,16). The van der Waals surface area contributed by atoms with Crippen LogP contribution in [0.1, 0.15) is 11.4 Å². The van der Waals surface area contributed by atoms with E-state index in [0.29, 0.717) is 19.7 Å². The molecule has 6 heteroatoms. The van der Waals surface area contributed by atoms with Crippen LogP contribution in [0.15, 0.2) is 30.6 Å². The van der Waals surface area contributed by atoms with E-state index in [4.69, 9.17) is 4.74 Å². The molecule has 0 bridgehead atoms. The van der Waals surface area contributed by atoms with Gasteiger partial charge in [-0.05, 0) is 24.6 Å². The zero-order valence-electron chi connectivity index (χ0n) is 11.2. The lowest BCUT2D eigenvalue weighted by atomic mass is 10.1. The number of aromatic amines is 1. The molecule has 1 fully saturated rings. The van der Waals surface area contributed by atoms with E-state index in [1.54, 1.807) is 17.3 Å². The number of carbonyl (C=O) groups is 1. The van der Waals surface area contributed by atoms with Gasteiger partial charge in [-0.3, -0.25) is 4.90 Å². The molecule has 0 radical (unpaired) electrons. The van der Waals surface area contributed by atoms with Crippen molar-refractivity contribution in [2.75, 3.05) is 23.4 Å². The summed E-state index contributed by atoms with van der Waals surface area (Å²) in [5.41, 5.74) is 2.88. The highest BCUT2D eigenvalue weighted by Crippen LogP contribution is 2.26. The van der Waals surface area contributed by atoms with Crippen molar-refractivity contribution in [3.8, 4) is 0 Å². The van der Waals surface area contributed by atoms with Crippen LogP contribution in [0.4, 0.5) is 16.2 Å². The van der Waals surface area contributed by atoms with Crippen LogP contribution in [0.25, 0.3) is 0 Å². The molecule has 2 aromatic rings. The fourth-order valence-electron chi connectivity index (χ4n) is 2.20. The van der Waals surface area contributed by atoms with Gasteiger partial charge in [-0.15, -0.1) is 0 Å². The van der Waals surface area contributed by atoms with Gasteiger partial charge in [-0.25, -0.2) is 9.78 Å². The predicted molar refractivity (Wildman–Crippen MR) is 75.8 cm³/mol. The van der Waals surface area contributed by atoms with Crippen LogP contribution in [0.3, 0.4) is 0 Å². The number of carbonyl (C=O) groups excluding carboxylic acids is 1. The Hall–Kier alpha value is -2.50. The number of rotatable bonds is 4. The topological polar surface area (TPSA) is 70.2 Å². The van der Waals surface area contributed by atoms with Crippen molar-refractivity contribution in [2.24, 2.45) is 0 Å². The van der Waals surface area contributed by atoms with Crippen molar-refractivity contribution in [1.82, 2.24) is 9.97 Å². The molecule has 1 saturated heterocycles. The fraction of sp³-hybridized carbons (Fsp3) is 0.286. The average Bonchev–Trinajstić information content (AvgIpc) is 3.09. The SMILES string of the molecule is Cc1ccc(NCc2ncc[nH]2)cc1N1CCOC1=O. The number of nitrogens with zero attached hydrogens (tertiary/aromatic N) is 2. The lowest BCUT2D eigenvalue weighted by Crippen LogP contribution is -2.24. The van der Waals surface area contributed by atoms with Crippen LogP contribution >= 0.6 is 0 Å². The average molecular weight is 272 g/mol. The Morgan fingerprint density at radius 1 is 1.50 bits per heavy atom. The maximum atomic E-state index is 11.7. The Balaban J connectivity index is 1.77. The number of aryl methyl sites for hydroxylation is 1. The second kappa shape index (κ2) is 5.24. The zero-order chi connectivity index (χ0) is 13.9. The molecular formula is C14H16N4O2. The van der Waals surface area contributed by atoms with Gasteiger partial charge in [0.2, 0.25) is 0 Å². The summed E-state index contributed by atoms with van der Waals surface area (Å²) in [4.78, 5) is 20.5. The number of hydrogen-bond acceptors (Lipinski definition) is 4. The van der Waals surface area contributed by atoms with E-state index in [2.05, 4.69) is 15.3 Å². The van der Waals surface area contributed by atoms with Gasteiger partial charge >= 0.3 is 6.09 Å². The summed E-state index contributed by atoms with van der Waals surface area (Å²) in [5.74, 6) is 0.868. The highest BCUT2D eigenvalue weighted by atomic mass is 16.6. The van der Waals surface area contributed by atoms with Crippen molar-refractivity contribution < 1.29 is 9.53 Å². The van der Waals surface area contributed by atoms with Crippen LogP contribution in [0.5, 0.6) is 0 Å². The molecule has 0 atom stereocenters. The summed E-state index contributed by atoms with van der Waals surface area (Å²) in [6, 6.07) is 5.94. The van der Waals surface area contributed by atoms with Crippen LogP contribution in [0, 0.1) is 6.92 Å². The third kappa shape index (κ3) is 2.45. The first kappa shape index (κ1) is 12.5. The molecule has 2 heterocycles. The van der Waals surface area contributed by atoms with Crippen molar-refractivity contribution in [3.05, 3.63) is 42.0 Å². The third-order valence-corrected chi connectivity index (χ3v) is 3.28. The van der Waals surface area contributed by atoms with Crippen molar-refractivity contribution in [2.45, 2.75) is 13.5 Å². The van der Waals surface area contributed by atoms with Crippen LogP contribution in [-0.4, -0.2) is 29.2 Å². The van der Waals surface area contributed by atoms with Gasteiger partial charge in [-0.1, -0.05) is 6.07 Å². The van der Waals surface area contributed by atoms with E-state index in [1.165, 1.54) is 0 Å². The Morgan fingerprint density at radius 2 is 2.40 bits per heavy atom. The molecule has 0 spiro atoms. The summed E-state index contributed by atoms with van der Waals surface area (Å²) in [6.07, 6.45) is 3.23. The minimum Gasteiger partial charge on any atom is -0.447 e. The molecule has 1 aliphatic heterocycles. The monoisotopic (exact) mass is 272 g/mol. The first-order chi connectivity index (χ1) is 9.74. The minimum atomic E-state index is -0.281. The highest BCUT2D eigenvalue weighted by Gasteiger charge is 2.24. The van der Waals surface area contributed by atoms with Crippen molar-refractivity contribution >= 4 is 17.5 Å². The quantitative estimate of drug-likeness (QED) is 0.896. The number of amides is 1. The fourth-order valence-corrected chi connectivity index (χ4v) is 2.20. The molecule has 1 amide bonds. The number of ether oxygens (including phenoxy) is 1. The third-order valence-electron chi connectivity index (χ3n) is 3.28. The maximum Gasteiger partial charge on any atom is 0.414 e. The molecule has 2 N–H and O–H groups in total. The molecule has 0 saturated carbocycles. The van der Waals surface area contributed by atoms with Crippen LogP contribution in [-0.2, 0) is 11.3 Å². The Labute approximate surface area is 116 Å². The van der Waals surface area contributed by atoms with Crippen molar-refractivity contribution in [3.63, 3.8) is 0 Å². The van der Waals surface area contributed by atoms with E-state index in [-0.39, 0.29) is 6.09 Å². The van der Waals surface area contributed by atoms with E-state index in [9.17, 15) is 4.79 Å². The second-order valence-corrected chi connectivity index (χ2v) is 4.66. The zero-order valence-corrected chi connectivity index (χ0v) is 11.2. The second-order valence-electron chi connectivity index (χ2n) is 4.66.